The summed E-state index contributed by atoms with van der Waals surface area (Å²) in [6.45, 7) is 4.94. The number of carboxylic acid groups (broad SMARTS) is 1. The molecule has 0 radical (unpaired) electrons. The normalized spacial score (nSPS) is 13.6. The maximum Gasteiger partial charge on any atom is 0.305 e. The molecule has 1 amide bonds. The number of hydrogen-bond donors (Lipinski definition) is 2. The van der Waals surface area contributed by atoms with Crippen LogP contribution in [0.25, 0.3) is 11.3 Å². The lowest BCUT2D eigenvalue weighted by molar-refractivity contribution is -0.136. The Labute approximate surface area is 246 Å². The molecule has 0 atom stereocenters. The van der Waals surface area contributed by atoms with Gasteiger partial charge in [0.25, 0.3) is 5.91 Å². The SMILES string of the molecule is Cc1ccc(-c2csc(N(Cc3ccc(C(=O)NCCC(=O)O)cc3)c3ccc(C4CCCCC4)cc3)n2)c(C)c1. The second kappa shape index (κ2) is 13.1. The summed E-state index contributed by atoms with van der Waals surface area (Å²) in [5.74, 6) is -0.558. The van der Waals surface area contributed by atoms with Crippen LogP contribution in [0.15, 0.2) is 72.1 Å². The molecule has 6 nitrogen and oxygen atoms in total. The maximum absolute atomic E-state index is 12.4. The first-order valence-corrected chi connectivity index (χ1v) is 15.2. The van der Waals surface area contributed by atoms with Crippen molar-refractivity contribution in [3.05, 3.63) is 99.9 Å². The van der Waals surface area contributed by atoms with Gasteiger partial charge in [0.15, 0.2) is 5.13 Å². The molecule has 1 aromatic heterocycles. The maximum atomic E-state index is 12.4. The average Bonchev–Trinajstić information content (AvgIpc) is 3.46. The number of thiazole rings is 1. The molecule has 2 N–H and O–H groups in total. The van der Waals surface area contributed by atoms with Crippen LogP contribution in [-0.4, -0.2) is 28.5 Å². The number of nitrogens with one attached hydrogen (secondary N) is 1. The highest BCUT2D eigenvalue weighted by Crippen LogP contribution is 2.37. The van der Waals surface area contributed by atoms with Gasteiger partial charge in [-0.1, -0.05) is 67.3 Å². The molecule has 1 aliphatic rings. The van der Waals surface area contributed by atoms with Crippen LogP contribution < -0.4 is 10.2 Å². The number of benzene rings is 3. The van der Waals surface area contributed by atoms with Crippen molar-refractivity contribution in [2.75, 3.05) is 11.4 Å². The smallest absolute Gasteiger partial charge is 0.305 e. The molecule has 3 aromatic carbocycles. The summed E-state index contributed by atoms with van der Waals surface area (Å²) < 4.78 is 0. The van der Waals surface area contributed by atoms with Crippen molar-refractivity contribution in [1.29, 1.82) is 0 Å². The Morgan fingerprint density at radius 1 is 0.976 bits per heavy atom. The minimum Gasteiger partial charge on any atom is -0.481 e. The highest BCUT2D eigenvalue weighted by atomic mass is 32.1. The van der Waals surface area contributed by atoms with Crippen LogP contribution in [0, 0.1) is 13.8 Å². The van der Waals surface area contributed by atoms with Crippen molar-refractivity contribution in [3.8, 4) is 11.3 Å². The second-order valence-electron chi connectivity index (χ2n) is 10.9. The van der Waals surface area contributed by atoms with Gasteiger partial charge in [0.1, 0.15) is 0 Å². The molecule has 4 aromatic rings. The van der Waals surface area contributed by atoms with E-state index in [1.54, 1.807) is 23.5 Å². The average molecular weight is 568 g/mol. The number of amides is 1. The summed E-state index contributed by atoms with van der Waals surface area (Å²) in [6.07, 6.45) is 6.41. The van der Waals surface area contributed by atoms with Crippen molar-refractivity contribution in [2.24, 2.45) is 0 Å². The van der Waals surface area contributed by atoms with Crippen LogP contribution in [0.2, 0.25) is 0 Å². The fourth-order valence-corrected chi connectivity index (χ4v) is 6.42. The molecule has 0 bridgehead atoms. The third-order valence-corrected chi connectivity index (χ3v) is 8.71. The molecule has 1 fully saturated rings. The van der Waals surface area contributed by atoms with Gasteiger partial charge in [-0.15, -0.1) is 11.3 Å². The van der Waals surface area contributed by atoms with Gasteiger partial charge < -0.3 is 15.3 Å². The Kier molecular flexibility index (Phi) is 9.14. The van der Waals surface area contributed by atoms with E-state index in [1.165, 1.54) is 48.8 Å². The fraction of sp³-hybridized carbons (Fsp3) is 0.324. The number of rotatable bonds is 10. The molecule has 0 aliphatic heterocycles. The van der Waals surface area contributed by atoms with Gasteiger partial charge in [0, 0.05) is 28.7 Å². The topological polar surface area (TPSA) is 82.5 Å². The van der Waals surface area contributed by atoms with E-state index in [2.05, 4.69) is 71.9 Å². The van der Waals surface area contributed by atoms with Crippen molar-refractivity contribution in [1.82, 2.24) is 10.3 Å². The number of nitrogens with zero attached hydrogens (tertiary/aromatic N) is 2. The highest BCUT2D eigenvalue weighted by Gasteiger charge is 2.19. The van der Waals surface area contributed by atoms with Crippen molar-refractivity contribution in [2.45, 2.75) is 64.8 Å². The number of carboxylic acids is 1. The highest BCUT2D eigenvalue weighted by molar-refractivity contribution is 7.14. The lowest BCUT2D eigenvalue weighted by Gasteiger charge is -2.25. The van der Waals surface area contributed by atoms with E-state index in [-0.39, 0.29) is 18.9 Å². The van der Waals surface area contributed by atoms with E-state index in [4.69, 9.17) is 10.1 Å². The molecule has 5 rings (SSSR count). The predicted octanol–water partition coefficient (Wildman–Crippen LogP) is 8.02. The quantitative estimate of drug-likeness (QED) is 0.203. The van der Waals surface area contributed by atoms with Crippen LogP contribution >= 0.6 is 11.3 Å². The number of carbonyl (C=O) groups is 2. The van der Waals surface area contributed by atoms with Gasteiger partial charge in [-0.25, -0.2) is 4.98 Å². The first kappa shape index (κ1) is 28.6. The number of hydrogen-bond acceptors (Lipinski definition) is 5. The third-order valence-electron chi connectivity index (χ3n) is 7.84. The molecule has 1 saturated carbocycles. The standard InChI is InChI=1S/C34H37N3O3S/c1-23-8-17-30(24(2)20-23)31-22-41-34(36-31)37(29-15-13-27(14-16-29)26-6-4-3-5-7-26)21-25-9-11-28(12-10-25)33(40)35-19-18-32(38)39/h8-17,20,22,26H,3-7,18-19,21H2,1-2H3,(H,35,40)(H,38,39). The van der Waals surface area contributed by atoms with E-state index in [9.17, 15) is 9.59 Å². The first-order valence-electron chi connectivity index (χ1n) is 14.4. The number of carbonyl (C=O) groups excluding carboxylic acids is 1. The van der Waals surface area contributed by atoms with Crippen molar-refractivity contribution >= 4 is 34.0 Å². The van der Waals surface area contributed by atoms with Crippen molar-refractivity contribution in [3.63, 3.8) is 0 Å². The number of aliphatic carboxylic acids is 1. The van der Waals surface area contributed by atoms with Gasteiger partial charge in [-0.2, -0.15) is 0 Å². The van der Waals surface area contributed by atoms with E-state index >= 15 is 0 Å². The molecule has 0 spiro atoms. The molecule has 41 heavy (non-hydrogen) atoms. The Bertz CT molecular complexity index is 1490. The first-order chi connectivity index (χ1) is 19.9. The molecule has 212 valence electrons. The van der Waals surface area contributed by atoms with E-state index in [1.807, 2.05) is 12.1 Å². The summed E-state index contributed by atoms with van der Waals surface area (Å²) in [7, 11) is 0. The van der Waals surface area contributed by atoms with Crippen LogP contribution in [-0.2, 0) is 11.3 Å². The van der Waals surface area contributed by atoms with Crippen LogP contribution in [0.1, 0.15) is 77.1 Å². The van der Waals surface area contributed by atoms with E-state index < -0.39 is 5.97 Å². The third kappa shape index (κ3) is 7.22. The van der Waals surface area contributed by atoms with Crippen LogP contribution in [0.4, 0.5) is 10.8 Å². The monoisotopic (exact) mass is 567 g/mol. The fourth-order valence-electron chi connectivity index (χ4n) is 5.57. The van der Waals surface area contributed by atoms with Crippen LogP contribution in [0.3, 0.4) is 0 Å². The lowest BCUT2D eigenvalue weighted by Crippen LogP contribution is -2.26. The summed E-state index contributed by atoms with van der Waals surface area (Å²) in [6, 6.07) is 22.9. The largest absolute Gasteiger partial charge is 0.481 e. The van der Waals surface area contributed by atoms with Gasteiger partial charge in [-0.3, -0.25) is 9.59 Å². The molecular formula is C34H37N3O3S. The zero-order valence-corrected chi connectivity index (χ0v) is 24.5. The Morgan fingerprint density at radius 2 is 1.71 bits per heavy atom. The number of aromatic nitrogens is 1. The van der Waals surface area contributed by atoms with E-state index in [0.29, 0.717) is 18.0 Å². The van der Waals surface area contributed by atoms with Crippen LogP contribution in [0.5, 0.6) is 0 Å². The molecule has 1 heterocycles. The zero-order chi connectivity index (χ0) is 28.8. The summed E-state index contributed by atoms with van der Waals surface area (Å²) in [5.41, 5.74) is 8.62. The molecule has 1 aliphatic carbocycles. The predicted molar refractivity (Wildman–Crippen MR) is 166 cm³/mol. The Hall–Kier alpha value is -3.97. The second-order valence-corrected chi connectivity index (χ2v) is 11.8. The summed E-state index contributed by atoms with van der Waals surface area (Å²) >= 11 is 1.63. The molecule has 0 saturated heterocycles. The van der Waals surface area contributed by atoms with Gasteiger partial charge in [0.05, 0.1) is 18.7 Å². The minimum absolute atomic E-state index is 0.101. The minimum atomic E-state index is -0.935. The molecule has 0 unspecified atom stereocenters. The molecular weight excluding hydrogens is 530 g/mol. The summed E-state index contributed by atoms with van der Waals surface area (Å²) in [5, 5.41) is 14.5. The lowest BCUT2D eigenvalue weighted by atomic mass is 9.84. The number of anilines is 2. The Balaban J connectivity index is 1.40. The van der Waals surface area contributed by atoms with Crippen molar-refractivity contribution < 1.29 is 14.7 Å². The van der Waals surface area contributed by atoms with Gasteiger partial charge in [-0.05, 0) is 73.6 Å². The number of aryl methyl sites for hydroxylation is 2. The van der Waals surface area contributed by atoms with Gasteiger partial charge in [0.2, 0.25) is 0 Å². The zero-order valence-electron chi connectivity index (χ0n) is 23.7. The summed E-state index contributed by atoms with van der Waals surface area (Å²) in [4.78, 5) is 30.5. The van der Waals surface area contributed by atoms with Gasteiger partial charge >= 0.3 is 5.97 Å². The molecule has 7 heteroatoms. The van der Waals surface area contributed by atoms with E-state index in [0.717, 1.165) is 27.6 Å². The Morgan fingerprint density at radius 3 is 2.39 bits per heavy atom.